The van der Waals surface area contributed by atoms with Crippen LogP contribution in [0.5, 0.6) is 11.5 Å². The van der Waals surface area contributed by atoms with Crippen molar-refractivity contribution in [1.29, 1.82) is 0 Å². The lowest BCUT2D eigenvalue weighted by Gasteiger charge is -2.47. The number of benzene rings is 1. The Hall–Kier alpha value is -1.97. The molecule has 0 unspecified atom stereocenters. The van der Waals surface area contributed by atoms with Crippen molar-refractivity contribution in [3.05, 3.63) is 34.9 Å². The zero-order valence-electron chi connectivity index (χ0n) is 15.0. The molecule has 1 aliphatic carbocycles. The van der Waals surface area contributed by atoms with E-state index in [1.807, 2.05) is 19.9 Å². The molecule has 4 nitrogen and oxygen atoms in total. The zero-order chi connectivity index (χ0) is 17.9. The van der Waals surface area contributed by atoms with Gasteiger partial charge in [-0.25, -0.2) is 4.79 Å². The van der Waals surface area contributed by atoms with Crippen LogP contribution in [0.3, 0.4) is 0 Å². The molecule has 130 valence electrons. The van der Waals surface area contributed by atoms with E-state index in [1.165, 1.54) is 0 Å². The van der Waals surface area contributed by atoms with E-state index in [-0.39, 0.29) is 23.0 Å². The van der Waals surface area contributed by atoms with Gasteiger partial charge in [0.2, 0.25) is 0 Å². The summed E-state index contributed by atoms with van der Waals surface area (Å²) < 4.78 is 6.26. The van der Waals surface area contributed by atoms with Crippen LogP contribution in [0.2, 0.25) is 0 Å². The van der Waals surface area contributed by atoms with Crippen LogP contribution in [-0.4, -0.2) is 21.8 Å². The van der Waals surface area contributed by atoms with Crippen molar-refractivity contribution >= 4 is 5.97 Å². The Morgan fingerprint density at radius 3 is 2.54 bits per heavy atom. The lowest BCUT2D eigenvalue weighted by atomic mass is 9.66. The third-order valence-electron chi connectivity index (χ3n) is 5.44. The van der Waals surface area contributed by atoms with Crippen LogP contribution in [0.25, 0.3) is 0 Å². The van der Waals surface area contributed by atoms with Crippen LogP contribution in [0.4, 0.5) is 0 Å². The third-order valence-corrected chi connectivity index (χ3v) is 5.44. The highest BCUT2D eigenvalue weighted by Gasteiger charge is 2.47. The van der Waals surface area contributed by atoms with Crippen molar-refractivity contribution < 1.29 is 19.7 Å². The molecular formula is C20H26O4. The van der Waals surface area contributed by atoms with Crippen molar-refractivity contribution in [3.8, 4) is 11.5 Å². The summed E-state index contributed by atoms with van der Waals surface area (Å²) in [6.45, 7) is 10.4. The van der Waals surface area contributed by atoms with Gasteiger partial charge in [0, 0.05) is 23.0 Å². The quantitative estimate of drug-likeness (QED) is 0.802. The SMILES string of the molecule is CC(C)(C)c1cc(O)c2c(c1)OC(C)(C)[C@H]1CC=C(C(=O)O)C[C@H]21. The number of aliphatic carboxylic acids is 1. The first-order valence-electron chi connectivity index (χ1n) is 8.49. The lowest BCUT2D eigenvalue weighted by Crippen LogP contribution is -2.45. The Bertz CT molecular complexity index is 722. The molecule has 0 aromatic heterocycles. The summed E-state index contributed by atoms with van der Waals surface area (Å²) in [5.74, 6) is 0.158. The molecule has 3 rings (SSSR count). The second-order valence-electron chi connectivity index (χ2n) is 8.55. The summed E-state index contributed by atoms with van der Waals surface area (Å²) in [6.07, 6.45) is 2.89. The summed E-state index contributed by atoms with van der Waals surface area (Å²) in [5.41, 5.74) is 1.70. The van der Waals surface area contributed by atoms with E-state index in [1.54, 1.807) is 12.1 Å². The summed E-state index contributed by atoms with van der Waals surface area (Å²) in [4.78, 5) is 11.4. The number of rotatable bonds is 1. The number of carbonyl (C=O) groups is 1. The number of carboxylic acid groups (broad SMARTS) is 1. The molecule has 24 heavy (non-hydrogen) atoms. The molecule has 0 saturated heterocycles. The van der Waals surface area contributed by atoms with Crippen LogP contribution in [0, 0.1) is 5.92 Å². The monoisotopic (exact) mass is 330 g/mol. The maximum Gasteiger partial charge on any atom is 0.331 e. The predicted octanol–water partition coefficient (Wildman–Crippen LogP) is 4.37. The molecule has 0 fully saturated rings. The Balaban J connectivity index is 2.14. The first-order chi connectivity index (χ1) is 11.0. The minimum atomic E-state index is -0.870. The molecule has 0 bridgehead atoms. The predicted molar refractivity (Wildman–Crippen MR) is 92.7 cm³/mol. The number of fused-ring (bicyclic) bond motifs is 3. The van der Waals surface area contributed by atoms with Crippen LogP contribution in [-0.2, 0) is 10.2 Å². The fourth-order valence-corrected chi connectivity index (χ4v) is 4.00. The van der Waals surface area contributed by atoms with Gasteiger partial charge in [-0.3, -0.25) is 0 Å². The standard InChI is InChI=1S/C20H26O4/c1-19(2,3)12-9-15(21)17-13-8-11(18(22)23)6-7-14(13)20(4,5)24-16(17)10-12/h6,9-10,13-14,21H,7-8H2,1-5H3,(H,22,23)/t13-,14-/m0/s1. The third kappa shape index (κ3) is 2.68. The lowest BCUT2D eigenvalue weighted by molar-refractivity contribution is -0.133. The molecule has 2 atom stereocenters. The average Bonchev–Trinajstić information content (AvgIpc) is 2.44. The Morgan fingerprint density at radius 2 is 1.96 bits per heavy atom. The fourth-order valence-electron chi connectivity index (χ4n) is 4.00. The van der Waals surface area contributed by atoms with E-state index in [2.05, 4.69) is 20.8 Å². The highest BCUT2D eigenvalue weighted by atomic mass is 16.5. The second-order valence-corrected chi connectivity index (χ2v) is 8.55. The van der Waals surface area contributed by atoms with Crippen molar-refractivity contribution in [2.75, 3.05) is 0 Å². The molecule has 0 amide bonds. The summed E-state index contributed by atoms with van der Waals surface area (Å²) >= 11 is 0. The molecule has 1 aromatic rings. The summed E-state index contributed by atoms with van der Waals surface area (Å²) in [5, 5.41) is 20.1. The van der Waals surface area contributed by atoms with Gasteiger partial charge in [0.1, 0.15) is 17.1 Å². The van der Waals surface area contributed by atoms with Crippen molar-refractivity contribution in [3.63, 3.8) is 0 Å². The zero-order valence-corrected chi connectivity index (χ0v) is 15.0. The maximum absolute atomic E-state index is 11.4. The van der Waals surface area contributed by atoms with Crippen LogP contribution in [0.1, 0.15) is 64.5 Å². The summed E-state index contributed by atoms with van der Waals surface area (Å²) in [7, 11) is 0. The highest BCUT2D eigenvalue weighted by molar-refractivity contribution is 5.87. The molecule has 4 heteroatoms. The molecule has 0 spiro atoms. The molecule has 2 N–H and O–H groups in total. The molecule has 1 aromatic carbocycles. The molecule has 0 radical (unpaired) electrons. The smallest absolute Gasteiger partial charge is 0.331 e. The van der Waals surface area contributed by atoms with E-state index in [0.29, 0.717) is 24.2 Å². The molecular weight excluding hydrogens is 304 g/mol. The number of carboxylic acids is 1. The normalized spacial score (nSPS) is 25.1. The Morgan fingerprint density at radius 1 is 1.29 bits per heavy atom. The number of hydrogen-bond acceptors (Lipinski definition) is 3. The highest BCUT2D eigenvalue weighted by Crippen LogP contribution is 2.54. The summed E-state index contributed by atoms with van der Waals surface area (Å²) in [6, 6.07) is 3.81. The van der Waals surface area contributed by atoms with Gasteiger partial charge in [-0.2, -0.15) is 0 Å². The van der Waals surface area contributed by atoms with Gasteiger partial charge in [-0.15, -0.1) is 0 Å². The van der Waals surface area contributed by atoms with Crippen molar-refractivity contribution in [2.45, 2.75) is 64.4 Å². The second kappa shape index (κ2) is 5.27. The van der Waals surface area contributed by atoms with E-state index in [4.69, 9.17) is 4.74 Å². The van der Waals surface area contributed by atoms with Crippen LogP contribution >= 0.6 is 0 Å². The minimum Gasteiger partial charge on any atom is -0.508 e. The van der Waals surface area contributed by atoms with Crippen LogP contribution < -0.4 is 4.74 Å². The van der Waals surface area contributed by atoms with Crippen molar-refractivity contribution in [2.24, 2.45) is 5.92 Å². The van der Waals surface area contributed by atoms with Gasteiger partial charge in [-0.1, -0.05) is 26.8 Å². The fraction of sp³-hybridized carbons (Fsp3) is 0.550. The van der Waals surface area contributed by atoms with E-state index >= 15 is 0 Å². The number of aromatic hydroxyl groups is 1. The van der Waals surface area contributed by atoms with Gasteiger partial charge < -0.3 is 14.9 Å². The molecule has 0 saturated carbocycles. The first kappa shape index (κ1) is 16.9. The number of allylic oxidation sites excluding steroid dienone is 1. The Kier molecular flexibility index (Phi) is 3.70. The number of phenols is 1. The topological polar surface area (TPSA) is 66.8 Å². The molecule has 1 aliphatic heterocycles. The van der Waals surface area contributed by atoms with E-state index < -0.39 is 11.6 Å². The van der Waals surface area contributed by atoms with Crippen LogP contribution in [0.15, 0.2) is 23.8 Å². The number of phenolic OH excluding ortho intramolecular Hbond substituents is 1. The number of ether oxygens (including phenoxy) is 1. The molecule has 1 heterocycles. The van der Waals surface area contributed by atoms with Gasteiger partial charge in [0.15, 0.2) is 0 Å². The Labute approximate surface area is 143 Å². The number of hydrogen-bond donors (Lipinski definition) is 2. The largest absolute Gasteiger partial charge is 0.508 e. The van der Waals surface area contributed by atoms with E-state index in [0.717, 1.165) is 11.1 Å². The molecule has 2 aliphatic rings. The van der Waals surface area contributed by atoms with Gasteiger partial charge in [0.05, 0.1) is 0 Å². The van der Waals surface area contributed by atoms with Crippen molar-refractivity contribution in [1.82, 2.24) is 0 Å². The maximum atomic E-state index is 11.4. The van der Waals surface area contributed by atoms with E-state index in [9.17, 15) is 15.0 Å². The van der Waals surface area contributed by atoms with Gasteiger partial charge in [0.25, 0.3) is 0 Å². The van der Waals surface area contributed by atoms with Gasteiger partial charge in [-0.05, 0) is 49.8 Å². The first-order valence-corrected chi connectivity index (χ1v) is 8.49. The average molecular weight is 330 g/mol. The minimum absolute atomic E-state index is 0.0335. The van der Waals surface area contributed by atoms with Gasteiger partial charge >= 0.3 is 5.97 Å².